The highest BCUT2D eigenvalue weighted by Crippen LogP contribution is 2.31. The fraction of sp³-hybridized carbons (Fsp3) is 0.222. The summed E-state index contributed by atoms with van der Waals surface area (Å²) in [5, 5.41) is 2.13. The maximum Gasteiger partial charge on any atom is 0.339 e. The number of benzene rings is 2. The largest absolute Gasteiger partial charge is 0.379 e. The van der Waals surface area contributed by atoms with Gasteiger partial charge >= 0.3 is 10.1 Å². The molecule has 25 heavy (non-hydrogen) atoms. The van der Waals surface area contributed by atoms with Gasteiger partial charge in [-0.3, -0.25) is 14.9 Å². The van der Waals surface area contributed by atoms with Crippen molar-refractivity contribution in [2.45, 2.75) is 31.1 Å². The van der Waals surface area contributed by atoms with Crippen LogP contribution < -0.4 is 9.50 Å². The van der Waals surface area contributed by atoms with Crippen LogP contribution in [-0.2, 0) is 10.1 Å². The Morgan fingerprint density at radius 2 is 1.72 bits per heavy atom. The first kappa shape index (κ1) is 17.2. The van der Waals surface area contributed by atoms with Gasteiger partial charge < -0.3 is 4.18 Å². The summed E-state index contributed by atoms with van der Waals surface area (Å²) in [6, 6.07) is 10.7. The van der Waals surface area contributed by atoms with Crippen molar-refractivity contribution >= 4 is 21.9 Å². The minimum absolute atomic E-state index is 0.0323. The van der Waals surface area contributed by atoms with Gasteiger partial charge in [-0.05, 0) is 42.2 Å². The minimum atomic E-state index is -4.13. The Labute approximate surface area is 145 Å². The van der Waals surface area contributed by atoms with Crippen LogP contribution in [0.5, 0.6) is 5.75 Å². The summed E-state index contributed by atoms with van der Waals surface area (Å²) in [6.07, 6.45) is 0.835. The maximum absolute atomic E-state index is 12.6. The molecule has 0 fully saturated rings. The Hall–Kier alpha value is -2.67. The highest BCUT2D eigenvalue weighted by atomic mass is 32.2. The van der Waals surface area contributed by atoms with Crippen molar-refractivity contribution in [3.8, 4) is 5.75 Å². The number of imide groups is 1. The topological polar surface area (TPSA) is 89.5 Å². The SMILES string of the molecule is CCC(C)c1ccccc1OS(=O)(=O)c1ccc2c(c1)C(=O)NC2=O. The lowest BCUT2D eigenvalue weighted by Gasteiger charge is -2.15. The van der Waals surface area contributed by atoms with Crippen LogP contribution in [0.1, 0.15) is 52.5 Å². The predicted molar refractivity (Wildman–Crippen MR) is 91.2 cm³/mol. The third-order valence-corrected chi connectivity index (χ3v) is 5.49. The van der Waals surface area contributed by atoms with E-state index in [4.69, 9.17) is 4.18 Å². The molecule has 0 spiro atoms. The summed E-state index contributed by atoms with van der Waals surface area (Å²) in [6.45, 7) is 3.99. The molecule has 2 aromatic rings. The molecule has 1 atom stereocenters. The number of amides is 2. The normalized spacial score (nSPS) is 14.8. The molecule has 2 aromatic carbocycles. The summed E-state index contributed by atoms with van der Waals surface area (Å²) in [7, 11) is -4.13. The fourth-order valence-corrected chi connectivity index (χ4v) is 3.63. The van der Waals surface area contributed by atoms with Crippen molar-refractivity contribution in [2.24, 2.45) is 0 Å². The molecule has 2 amide bonds. The summed E-state index contributed by atoms with van der Waals surface area (Å²) in [5.41, 5.74) is 0.983. The van der Waals surface area contributed by atoms with Gasteiger partial charge in [0.25, 0.3) is 11.8 Å². The zero-order valence-corrected chi connectivity index (χ0v) is 14.6. The van der Waals surface area contributed by atoms with Gasteiger partial charge in [-0.2, -0.15) is 8.42 Å². The molecule has 1 heterocycles. The van der Waals surface area contributed by atoms with Crippen LogP contribution in [-0.4, -0.2) is 20.2 Å². The lowest BCUT2D eigenvalue weighted by molar-refractivity contribution is 0.0879. The summed E-state index contributed by atoms with van der Waals surface area (Å²) in [5.74, 6) is -0.753. The fourth-order valence-electron chi connectivity index (χ4n) is 2.65. The number of hydrogen-bond donors (Lipinski definition) is 1. The van der Waals surface area contributed by atoms with Crippen LogP contribution in [0, 0.1) is 0 Å². The average Bonchev–Trinajstić information content (AvgIpc) is 2.88. The van der Waals surface area contributed by atoms with Gasteiger partial charge in [0.05, 0.1) is 11.1 Å². The van der Waals surface area contributed by atoms with Crippen LogP contribution in [0.25, 0.3) is 0 Å². The summed E-state index contributed by atoms with van der Waals surface area (Å²) in [4.78, 5) is 23.1. The lowest BCUT2D eigenvalue weighted by Crippen LogP contribution is -2.19. The second-order valence-corrected chi connectivity index (χ2v) is 7.42. The van der Waals surface area contributed by atoms with Gasteiger partial charge in [0, 0.05) is 0 Å². The quantitative estimate of drug-likeness (QED) is 0.655. The molecule has 0 aromatic heterocycles. The number of carbonyl (C=O) groups excluding carboxylic acids is 2. The molecule has 1 aliphatic rings. The molecule has 7 heteroatoms. The number of hydrogen-bond acceptors (Lipinski definition) is 5. The number of rotatable bonds is 5. The van der Waals surface area contributed by atoms with Gasteiger partial charge in [0.15, 0.2) is 0 Å². The first-order valence-corrected chi connectivity index (χ1v) is 9.27. The van der Waals surface area contributed by atoms with Crippen molar-refractivity contribution in [1.82, 2.24) is 5.32 Å². The predicted octanol–water partition coefficient (Wildman–Crippen LogP) is 2.85. The molecule has 6 nitrogen and oxygen atoms in total. The Kier molecular flexibility index (Phi) is 4.34. The van der Waals surface area contributed by atoms with Crippen LogP contribution in [0.2, 0.25) is 0 Å². The molecule has 1 N–H and O–H groups in total. The van der Waals surface area contributed by atoms with Gasteiger partial charge in [-0.15, -0.1) is 0 Å². The zero-order valence-electron chi connectivity index (χ0n) is 13.8. The van der Waals surface area contributed by atoms with Gasteiger partial charge in [-0.1, -0.05) is 32.0 Å². The standard InChI is InChI=1S/C18H17NO5S/c1-3-11(2)13-6-4-5-7-16(13)24-25(22,23)12-8-9-14-15(10-12)18(21)19-17(14)20/h4-11H,3H2,1-2H3,(H,19,20,21). The van der Waals surface area contributed by atoms with Crippen LogP contribution in [0.4, 0.5) is 0 Å². The van der Waals surface area contributed by atoms with E-state index in [1.54, 1.807) is 12.1 Å². The lowest BCUT2D eigenvalue weighted by atomic mass is 9.98. The number of carbonyl (C=O) groups is 2. The van der Waals surface area contributed by atoms with Crippen LogP contribution in [0.3, 0.4) is 0 Å². The van der Waals surface area contributed by atoms with Crippen molar-refractivity contribution in [3.05, 3.63) is 59.2 Å². The van der Waals surface area contributed by atoms with E-state index in [2.05, 4.69) is 5.32 Å². The second kappa shape index (κ2) is 6.33. The van der Waals surface area contributed by atoms with E-state index in [-0.39, 0.29) is 27.7 Å². The molecule has 0 saturated carbocycles. The first-order valence-electron chi connectivity index (χ1n) is 7.86. The molecule has 0 bridgehead atoms. The highest BCUT2D eigenvalue weighted by molar-refractivity contribution is 7.87. The van der Waals surface area contributed by atoms with E-state index in [0.29, 0.717) is 0 Å². The van der Waals surface area contributed by atoms with Gasteiger partial charge in [0.2, 0.25) is 0 Å². The smallest absolute Gasteiger partial charge is 0.339 e. The molecular formula is C18H17NO5S. The van der Waals surface area contributed by atoms with E-state index in [1.807, 2.05) is 26.0 Å². The van der Waals surface area contributed by atoms with Crippen LogP contribution >= 0.6 is 0 Å². The molecule has 0 radical (unpaired) electrons. The Morgan fingerprint density at radius 3 is 2.44 bits per heavy atom. The van der Waals surface area contributed by atoms with Crippen molar-refractivity contribution in [3.63, 3.8) is 0 Å². The highest BCUT2D eigenvalue weighted by Gasteiger charge is 2.29. The van der Waals surface area contributed by atoms with E-state index in [1.165, 1.54) is 12.1 Å². The molecule has 1 aliphatic heterocycles. The van der Waals surface area contributed by atoms with Gasteiger partial charge in [0.1, 0.15) is 10.6 Å². The van der Waals surface area contributed by atoms with Crippen molar-refractivity contribution < 1.29 is 22.2 Å². The van der Waals surface area contributed by atoms with Gasteiger partial charge in [-0.25, -0.2) is 0 Å². The molecule has 0 aliphatic carbocycles. The Morgan fingerprint density at radius 1 is 1.04 bits per heavy atom. The van der Waals surface area contributed by atoms with E-state index in [9.17, 15) is 18.0 Å². The molecule has 130 valence electrons. The summed E-state index contributed by atoms with van der Waals surface area (Å²) < 4.78 is 30.5. The average molecular weight is 359 g/mol. The van der Waals surface area contributed by atoms with Crippen LogP contribution in [0.15, 0.2) is 47.4 Å². The monoisotopic (exact) mass is 359 g/mol. The molecular weight excluding hydrogens is 342 g/mol. The minimum Gasteiger partial charge on any atom is -0.379 e. The second-order valence-electron chi connectivity index (χ2n) is 5.88. The summed E-state index contributed by atoms with van der Waals surface area (Å²) >= 11 is 0. The Bertz CT molecular complexity index is 965. The number of nitrogens with one attached hydrogen (secondary N) is 1. The van der Waals surface area contributed by atoms with Crippen molar-refractivity contribution in [1.29, 1.82) is 0 Å². The number of fused-ring (bicyclic) bond motifs is 1. The first-order chi connectivity index (χ1) is 11.8. The maximum atomic E-state index is 12.6. The van der Waals surface area contributed by atoms with Crippen molar-refractivity contribution in [2.75, 3.05) is 0 Å². The molecule has 0 saturated heterocycles. The third kappa shape index (κ3) is 3.15. The third-order valence-electron chi connectivity index (χ3n) is 4.26. The van der Waals surface area contributed by atoms with E-state index in [0.717, 1.165) is 18.1 Å². The molecule has 3 rings (SSSR count). The Balaban J connectivity index is 1.98. The molecule has 1 unspecified atom stereocenters. The van der Waals surface area contributed by atoms with E-state index >= 15 is 0 Å². The zero-order chi connectivity index (χ0) is 18.2. The van der Waals surface area contributed by atoms with E-state index < -0.39 is 21.9 Å². The number of para-hydroxylation sites is 1.